The lowest BCUT2D eigenvalue weighted by Crippen LogP contribution is -2.76. The number of benzene rings is 3. The van der Waals surface area contributed by atoms with Gasteiger partial charge in [0, 0.05) is 61.9 Å². The van der Waals surface area contributed by atoms with E-state index in [1.165, 1.54) is 42.5 Å². The maximum atomic E-state index is 15.1. The van der Waals surface area contributed by atoms with Gasteiger partial charge in [-0.3, -0.25) is 14.6 Å². The summed E-state index contributed by atoms with van der Waals surface area (Å²) in [5.74, 6) is -0.650. The van der Waals surface area contributed by atoms with Crippen molar-refractivity contribution in [3.63, 3.8) is 0 Å². The first-order valence-corrected chi connectivity index (χ1v) is 19.1. The number of piperidine rings is 1. The summed E-state index contributed by atoms with van der Waals surface area (Å²) in [5.41, 5.74) is -1.26. The molecule has 0 radical (unpaired) electrons. The molecule has 4 saturated heterocycles. The molecule has 268 valence electrons. The van der Waals surface area contributed by atoms with E-state index in [0.29, 0.717) is 29.5 Å². The molecule has 1 unspecified atom stereocenters. The smallest absolute Gasteiger partial charge is 0.318 e. The van der Waals surface area contributed by atoms with Crippen LogP contribution in [0, 0.1) is 28.1 Å². The second kappa shape index (κ2) is 12.9. The summed E-state index contributed by atoms with van der Waals surface area (Å²) in [6, 6.07) is 20.9. The lowest BCUT2D eigenvalue weighted by molar-refractivity contribution is -0.129. The number of likely N-dealkylation sites (tertiary alicyclic amines) is 3. The number of rotatable bonds is 8. The third kappa shape index (κ3) is 5.40. The molecule has 3 aromatic carbocycles. The van der Waals surface area contributed by atoms with Crippen LogP contribution >= 0.6 is 0 Å². The Morgan fingerprint density at radius 3 is 2.21 bits per heavy atom. The summed E-state index contributed by atoms with van der Waals surface area (Å²) in [6.45, 7) is 8.64. The van der Waals surface area contributed by atoms with Crippen molar-refractivity contribution in [3.05, 3.63) is 89.0 Å². The molecule has 3 aromatic rings. The van der Waals surface area contributed by atoms with Crippen LogP contribution in [0.2, 0.25) is 0 Å². The van der Waals surface area contributed by atoms with Crippen molar-refractivity contribution < 1.29 is 27.5 Å². The van der Waals surface area contributed by atoms with Gasteiger partial charge in [0.15, 0.2) is 5.54 Å². The van der Waals surface area contributed by atoms with Gasteiger partial charge < -0.3 is 19.7 Å². The van der Waals surface area contributed by atoms with Gasteiger partial charge in [0.2, 0.25) is 0 Å². The minimum Gasteiger partial charge on any atom is -0.493 e. The molecule has 0 aromatic heterocycles. The molecule has 8 rings (SSSR count). The number of nitriles is 2. The van der Waals surface area contributed by atoms with E-state index in [2.05, 4.69) is 21.2 Å². The highest BCUT2D eigenvalue weighted by atomic mass is 32.2. The van der Waals surface area contributed by atoms with Gasteiger partial charge >= 0.3 is 6.03 Å². The molecular weight excluding hydrogens is 683 g/mol. The Morgan fingerprint density at radius 1 is 0.904 bits per heavy atom. The minimum atomic E-state index is -4.56. The molecule has 0 saturated carbocycles. The molecule has 14 heteroatoms. The fraction of sp³-hybridized carbons (Fsp3) is 0.421. The molecule has 5 heterocycles. The first kappa shape index (κ1) is 34.1. The quantitative estimate of drug-likeness (QED) is 0.367. The zero-order valence-electron chi connectivity index (χ0n) is 28.8. The number of nitrogens with zero attached hydrogens (tertiary/aromatic N) is 6. The molecular formula is C38H39N7O6S. The monoisotopic (exact) mass is 721 g/mol. The van der Waals surface area contributed by atoms with Crippen LogP contribution in [-0.2, 0) is 25.1 Å². The largest absolute Gasteiger partial charge is 0.493 e. The van der Waals surface area contributed by atoms with Crippen molar-refractivity contribution in [2.75, 3.05) is 63.4 Å². The topological polar surface area (TPSA) is 159 Å². The number of fused-ring (bicyclic) bond motifs is 1. The first-order chi connectivity index (χ1) is 25.1. The molecule has 4 fully saturated rings. The zero-order chi connectivity index (χ0) is 36.3. The number of carbonyl (C=O) groups is 2. The molecule has 13 nitrogen and oxygen atoms in total. The number of sulfonamides is 1. The molecule has 3 amide bonds. The molecule has 52 heavy (non-hydrogen) atoms. The maximum Gasteiger partial charge on any atom is 0.318 e. The summed E-state index contributed by atoms with van der Waals surface area (Å²) in [4.78, 5) is 35.9. The van der Waals surface area contributed by atoms with Crippen LogP contribution in [0.5, 0.6) is 5.75 Å². The fourth-order valence-corrected chi connectivity index (χ4v) is 9.95. The van der Waals surface area contributed by atoms with Gasteiger partial charge in [-0.15, -0.1) is 0 Å². The van der Waals surface area contributed by atoms with Gasteiger partial charge in [-0.05, 0) is 68.3 Å². The zero-order valence-corrected chi connectivity index (χ0v) is 29.6. The van der Waals surface area contributed by atoms with Crippen molar-refractivity contribution in [2.45, 2.75) is 42.3 Å². The maximum absolute atomic E-state index is 15.1. The molecule has 1 N–H and O–H groups in total. The summed E-state index contributed by atoms with van der Waals surface area (Å²) in [5, 5.41) is 22.2. The van der Waals surface area contributed by atoms with Crippen LogP contribution in [-0.4, -0.2) is 106 Å². The van der Waals surface area contributed by atoms with E-state index in [9.17, 15) is 23.7 Å². The molecule has 5 aliphatic rings. The van der Waals surface area contributed by atoms with Crippen LogP contribution in [0.25, 0.3) is 0 Å². The summed E-state index contributed by atoms with van der Waals surface area (Å²) in [6.07, 6.45) is 2.24. The van der Waals surface area contributed by atoms with E-state index in [0.717, 1.165) is 52.2 Å². The number of amides is 3. The average molecular weight is 722 g/mol. The van der Waals surface area contributed by atoms with Gasteiger partial charge in [0.05, 0.1) is 59.7 Å². The van der Waals surface area contributed by atoms with Gasteiger partial charge in [-0.2, -0.15) is 14.8 Å². The predicted molar refractivity (Wildman–Crippen MR) is 189 cm³/mol. The van der Waals surface area contributed by atoms with Crippen LogP contribution in [0.4, 0.5) is 10.5 Å². The number of nitrogens with one attached hydrogen (secondary N) is 1. The number of hydrogen-bond donors (Lipinski definition) is 1. The Labute approximate surface area is 303 Å². The minimum absolute atomic E-state index is 0.00515. The lowest BCUT2D eigenvalue weighted by atomic mass is 9.71. The second-order valence-electron chi connectivity index (χ2n) is 14.4. The predicted octanol–water partition coefficient (Wildman–Crippen LogP) is 3.00. The number of para-hydroxylation sites is 1. The van der Waals surface area contributed by atoms with Crippen LogP contribution in [0.15, 0.2) is 71.6 Å². The van der Waals surface area contributed by atoms with Crippen molar-refractivity contribution in [2.24, 2.45) is 5.41 Å². The SMILES string of the molecule is CCOc1ccccc1C1(NC(=O)N2CC3(C2)CN(C2CCN(C4COC4)CC2)C3)C(=O)N(S(=O)(=O)c2ccc(C#N)cc2)c2ccc(C#N)cc21. The average Bonchev–Trinajstić information content (AvgIpc) is 3.34. The Morgan fingerprint density at radius 2 is 1.58 bits per heavy atom. The normalized spacial score (nSPS) is 23.2. The highest BCUT2D eigenvalue weighted by molar-refractivity contribution is 7.93. The Hall–Kier alpha value is -4.99. The summed E-state index contributed by atoms with van der Waals surface area (Å²) in [7, 11) is -4.56. The number of carbonyl (C=O) groups excluding carboxylic acids is 2. The van der Waals surface area contributed by atoms with Crippen molar-refractivity contribution >= 4 is 27.6 Å². The van der Waals surface area contributed by atoms with Crippen molar-refractivity contribution in [1.82, 2.24) is 20.0 Å². The van der Waals surface area contributed by atoms with Crippen LogP contribution < -0.4 is 14.4 Å². The third-order valence-corrected chi connectivity index (χ3v) is 12.9. The molecule has 5 aliphatic heterocycles. The summed E-state index contributed by atoms with van der Waals surface area (Å²) >= 11 is 0. The molecule has 0 aliphatic carbocycles. The van der Waals surface area contributed by atoms with Crippen molar-refractivity contribution in [1.29, 1.82) is 10.5 Å². The van der Waals surface area contributed by atoms with Crippen molar-refractivity contribution in [3.8, 4) is 17.9 Å². The van der Waals surface area contributed by atoms with E-state index in [1.54, 1.807) is 36.1 Å². The number of urea groups is 1. The van der Waals surface area contributed by atoms with Crippen LogP contribution in [0.3, 0.4) is 0 Å². The van der Waals surface area contributed by atoms with E-state index < -0.39 is 27.5 Å². The van der Waals surface area contributed by atoms with E-state index in [-0.39, 0.29) is 50.6 Å². The third-order valence-electron chi connectivity index (χ3n) is 11.2. The lowest BCUT2D eigenvalue weighted by Gasteiger charge is -2.62. The van der Waals surface area contributed by atoms with Gasteiger partial charge in [0.1, 0.15) is 5.75 Å². The van der Waals surface area contributed by atoms with E-state index in [1.807, 2.05) is 6.07 Å². The number of ether oxygens (including phenoxy) is 2. The number of hydrogen-bond acceptors (Lipinski definition) is 10. The Balaban J connectivity index is 1.09. The fourth-order valence-electron chi connectivity index (χ4n) is 8.48. The van der Waals surface area contributed by atoms with Gasteiger partial charge in [0.25, 0.3) is 15.9 Å². The molecule has 1 atom stereocenters. The van der Waals surface area contributed by atoms with E-state index >= 15 is 4.79 Å². The standard InChI is InChI=1S/C38H39N7O6S/c1-2-51-34-6-4-3-5-31(34)38(41-36(47)44-24-37(25-44)22-43(23-37)28-13-15-42(16-14-28)29-20-50-21-29)32-17-27(19-40)9-12-33(32)45(35(38)46)52(48,49)30-10-7-26(18-39)8-11-30/h3-12,17,28-29H,2,13-16,20-25H2,1H3,(H,41,47). The first-order valence-electron chi connectivity index (χ1n) is 17.6. The second-order valence-corrected chi connectivity index (χ2v) is 16.2. The Bertz CT molecular complexity index is 2100. The van der Waals surface area contributed by atoms with Crippen LogP contribution in [0.1, 0.15) is 42.0 Å². The summed E-state index contributed by atoms with van der Waals surface area (Å²) < 4.78 is 40.7. The highest BCUT2D eigenvalue weighted by Crippen LogP contribution is 2.50. The molecule has 1 spiro atoms. The number of anilines is 1. The highest BCUT2D eigenvalue weighted by Gasteiger charge is 2.61. The van der Waals surface area contributed by atoms with Gasteiger partial charge in [-0.1, -0.05) is 18.2 Å². The molecule has 0 bridgehead atoms. The van der Waals surface area contributed by atoms with E-state index in [4.69, 9.17) is 9.47 Å². The van der Waals surface area contributed by atoms with Gasteiger partial charge in [-0.25, -0.2) is 13.2 Å². The Kier molecular flexibility index (Phi) is 8.46.